The van der Waals surface area contributed by atoms with Crippen molar-refractivity contribution in [2.75, 3.05) is 11.9 Å². The van der Waals surface area contributed by atoms with Crippen molar-refractivity contribution in [3.8, 4) is 0 Å². The molecule has 2 N–H and O–H groups in total. The van der Waals surface area contributed by atoms with E-state index in [0.29, 0.717) is 17.8 Å². The van der Waals surface area contributed by atoms with Crippen molar-refractivity contribution in [2.24, 2.45) is 0 Å². The van der Waals surface area contributed by atoms with Crippen molar-refractivity contribution in [1.29, 1.82) is 0 Å². The molecule has 0 unspecified atom stereocenters. The van der Waals surface area contributed by atoms with Crippen molar-refractivity contribution >= 4 is 34.6 Å². The van der Waals surface area contributed by atoms with Gasteiger partial charge in [0.2, 0.25) is 0 Å². The van der Waals surface area contributed by atoms with Gasteiger partial charge in [-0.25, -0.2) is 4.79 Å². The number of aryl methyl sites for hydroxylation is 1. The van der Waals surface area contributed by atoms with Gasteiger partial charge in [-0.15, -0.1) is 11.3 Å². The summed E-state index contributed by atoms with van der Waals surface area (Å²) in [7, 11) is 0. The van der Waals surface area contributed by atoms with Gasteiger partial charge in [-0.1, -0.05) is 23.2 Å². The van der Waals surface area contributed by atoms with E-state index in [2.05, 4.69) is 5.32 Å². The van der Waals surface area contributed by atoms with Crippen molar-refractivity contribution in [3.05, 3.63) is 50.7 Å². The summed E-state index contributed by atoms with van der Waals surface area (Å²) in [5.41, 5.74) is 1.90. The third kappa shape index (κ3) is 3.72. The highest BCUT2D eigenvalue weighted by Gasteiger charge is 2.09. The fourth-order valence-corrected chi connectivity index (χ4v) is 2.88. The van der Waals surface area contributed by atoms with E-state index in [4.69, 9.17) is 16.7 Å². The Kier molecular flexibility index (Phi) is 4.45. The van der Waals surface area contributed by atoms with Gasteiger partial charge in [0.05, 0.1) is 9.90 Å². The molecule has 0 bridgehead atoms. The number of nitrogens with one attached hydrogen (secondary N) is 1. The Morgan fingerprint density at radius 1 is 1.37 bits per heavy atom. The van der Waals surface area contributed by atoms with E-state index in [1.807, 2.05) is 25.1 Å². The van der Waals surface area contributed by atoms with Crippen LogP contribution in [0.2, 0.25) is 4.34 Å². The van der Waals surface area contributed by atoms with Crippen LogP contribution in [0.25, 0.3) is 0 Å². The van der Waals surface area contributed by atoms with Gasteiger partial charge in [-0.05, 0) is 37.6 Å². The highest BCUT2D eigenvalue weighted by atomic mass is 35.5. The molecule has 19 heavy (non-hydrogen) atoms. The lowest BCUT2D eigenvalue weighted by Crippen LogP contribution is -2.09. The molecule has 0 saturated heterocycles. The highest BCUT2D eigenvalue weighted by molar-refractivity contribution is 7.16. The van der Waals surface area contributed by atoms with Crippen molar-refractivity contribution < 1.29 is 9.90 Å². The monoisotopic (exact) mass is 295 g/mol. The molecule has 0 atom stereocenters. The van der Waals surface area contributed by atoms with Crippen LogP contribution in [-0.2, 0) is 6.42 Å². The lowest BCUT2D eigenvalue weighted by molar-refractivity contribution is 0.0698. The van der Waals surface area contributed by atoms with Gasteiger partial charge >= 0.3 is 5.97 Å². The number of thiophene rings is 1. The van der Waals surface area contributed by atoms with E-state index in [-0.39, 0.29) is 0 Å². The molecule has 1 heterocycles. The molecule has 2 rings (SSSR count). The average molecular weight is 296 g/mol. The molecule has 1 aromatic heterocycles. The lowest BCUT2D eigenvalue weighted by Gasteiger charge is -2.09. The smallest absolute Gasteiger partial charge is 0.337 e. The van der Waals surface area contributed by atoms with Gasteiger partial charge in [-0.2, -0.15) is 0 Å². The summed E-state index contributed by atoms with van der Waals surface area (Å²) in [4.78, 5) is 12.3. The van der Waals surface area contributed by atoms with Gasteiger partial charge < -0.3 is 10.4 Å². The van der Waals surface area contributed by atoms with E-state index in [9.17, 15) is 4.79 Å². The molecule has 2 aromatic rings. The van der Waals surface area contributed by atoms with Crippen LogP contribution in [0, 0.1) is 6.92 Å². The SMILES string of the molecule is Cc1ccc(NCCc2ccc(Cl)s2)c(C(=O)O)c1. The molecule has 3 nitrogen and oxygen atoms in total. The number of anilines is 1. The molecule has 0 spiro atoms. The predicted molar refractivity (Wildman–Crippen MR) is 79.7 cm³/mol. The van der Waals surface area contributed by atoms with Crippen LogP contribution < -0.4 is 5.32 Å². The number of carboxylic acid groups (broad SMARTS) is 1. The minimum atomic E-state index is -0.912. The highest BCUT2D eigenvalue weighted by Crippen LogP contribution is 2.22. The summed E-state index contributed by atoms with van der Waals surface area (Å²) in [6.07, 6.45) is 0.824. The Morgan fingerprint density at radius 2 is 2.16 bits per heavy atom. The minimum absolute atomic E-state index is 0.309. The number of hydrogen-bond acceptors (Lipinski definition) is 3. The number of halogens is 1. The first-order chi connectivity index (χ1) is 9.06. The molecule has 0 amide bonds. The summed E-state index contributed by atoms with van der Waals surface area (Å²) < 4.78 is 0.775. The van der Waals surface area contributed by atoms with E-state index in [1.54, 1.807) is 23.5 Å². The predicted octanol–water partition coefficient (Wildman–Crippen LogP) is 4.06. The molecule has 0 aliphatic carbocycles. The summed E-state index contributed by atoms with van der Waals surface area (Å²) in [6, 6.07) is 9.24. The standard InChI is InChI=1S/C14H14ClNO2S/c1-9-2-4-12(11(8-9)14(17)18)16-7-6-10-3-5-13(15)19-10/h2-5,8,16H,6-7H2,1H3,(H,17,18). The van der Waals surface area contributed by atoms with Crippen LogP contribution in [0.3, 0.4) is 0 Å². The Labute approximate surface area is 120 Å². The maximum absolute atomic E-state index is 11.2. The Morgan fingerprint density at radius 3 is 2.79 bits per heavy atom. The first-order valence-corrected chi connectivity index (χ1v) is 7.08. The van der Waals surface area contributed by atoms with Crippen molar-refractivity contribution in [3.63, 3.8) is 0 Å². The topological polar surface area (TPSA) is 49.3 Å². The number of carboxylic acids is 1. The van der Waals surface area contributed by atoms with E-state index < -0.39 is 5.97 Å². The van der Waals surface area contributed by atoms with Crippen molar-refractivity contribution in [2.45, 2.75) is 13.3 Å². The van der Waals surface area contributed by atoms with Gasteiger partial charge in [0.25, 0.3) is 0 Å². The average Bonchev–Trinajstić information content (AvgIpc) is 2.77. The number of aromatic carboxylic acids is 1. The van der Waals surface area contributed by atoms with Gasteiger partial charge in [0.1, 0.15) is 0 Å². The molecule has 0 saturated carbocycles. The van der Waals surface area contributed by atoms with Gasteiger partial charge in [0, 0.05) is 17.1 Å². The third-order valence-corrected chi connectivity index (χ3v) is 4.01. The van der Waals surface area contributed by atoms with Crippen LogP contribution >= 0.6 is 22.9 Å². The maximum Gasteiger partial charge on any atom is 0.337 e. The van der Waals surface area contributed by atoms with E-state index in [1.165, 1.54) is 4.88 Å². The van der Waals surface area contributed by atoms with Crippen LogP contribution in [-0.4, -0.2) is 17.6 Å². The summed E-state index contributed by atoms with van der Waals surface area (Å²) in [5.74, 6) is -0.912. The summed E-state index contributed by atoms with van der Waals surface area (Å²) in [6.45, 7) is 2.56. The number of benzene rings is 1. The Hall–Kier alpha value is -1.52. The molecule has 0 aliphatic heterocycles. The zero-order valence-corrected chi connectivity index (χ0v) is 12.0. The minimum Gasteiger partial charge on any atom is -0.478 e. The number of carbonyl (C=O) groups is 1. The molecule has 0 aliphatic rings. The molecular formula is C14H14ClNO2S. The second-order valence-electron chi connectivity index (χ2n) is 4.24. The summed E-state index contributed by atoms with van der Waals surface area (Å²) >= 11 is 7.41. The third-order valence-electron chi connectivity index (χ3n) is 2.72. The van der Waals surface area contributed by atoms with E-state index in [0.717, 1.165) is 16.3 Å². The fraction of sp³-hybridized carbons (Fsp3) is 0.214. The van der Waals surface area contributed by atoms with Gasteiger partial charge in [-0.3, -0.25) is 0 Å². The largest absolute Gasteiger partial charge is 0.478 e. The first kappa shape index (κ1) is 13.9. The molecular weight excluding hydrogens is 282 g/mol. The van der Waals surface area contributed by atoms with Crippen molar-refractivity contribution in [1.82, 2.24) is 0 Å². The zero-order valence-electron chi connectivity index (χ0n) is 10.4. The number of rotatable bonds is 5. The van der Waals surface area contributed by atoms with Gasteiger partial charge in [0.15, 0.2) is 0 Å². The Bertz CT molecular complexity index is 595. The van der Waals surface area contributed by atoms with Crippen LogP contribution in [0.1, 0.15) is 20.8 Å². The second-order valence-corrected chi connectivity index (χ2v) is 6.04. The normalized spacial score (nSPS) is 10.4. The molecule has 5 heteroatoms. The number of hydrogen-bond donors (Lipinski definition) is 2. The molecule has 1 aromatic carbocycles. The Balaban J connectivity index is 2.01. The van der Waals surface area contributed by atoms with Crippen LogP contribution in [0.5, 0.6) is 0 Å². The molecule has 100 valence electrons. The lowest BCUT2D eigenvalue weighted by atomic mass is 10.1. The maximum atomic E-state index is 11.2. The zero-order chi connectivity index (χ0) is 13.8. The second kappa shape index (κ2) is 6.08. The van der Waals surface area contributed by atoms with Crippen LogP contribution in [0.4, 0.5) is 5.69 Å². The van der Waals surface area contributed by atoms with Crippen LogP contribution in [0.15, 0.2) is 30.3 Å². The first-order valence-electron chi connectivity index (χ1n) is 5.88. The quantitative estimate of drug-likeness (QED) is 0.874. The molecule has 0 fully saturated rings. The molecule has 0 radical (unpaired) electrons. The summed E-state index contributed by atoms with van der Waals surface area (Å²) in [5, 5.41) is 12.3. The fourth-order valence-electron chi connectivity index (χ4n) is 1.80. The van der Waals surface area contributed by atoms with E-state index >= 15 is 0 Å².